The highest BCUT2D eigenvalue weighted by atomic mass is 28.4. The van der Waals surface area contributed by atoms with E-state index in [1.807, 2.05) is 0 Å². The zero-order chi connectivity index (χ0) is 28.1. The molecular weight excluding hydrogens is 509 g/mol. The van der Waals surface area contributed by atoms with Gasteiger partial charge in [-0.1, -0.05) is 36.7 Å². The molecule has 8 heteroatoms. The summed E-state index contributed by atoms with van der Waals surface area (Å²) in [6.07, 6.45) is 10.4. The van der Waals surface area contributed by atoms with E-state index < -0.39 is 22.2 Å². The second kappa shape index (κ2) is 10.5. The van der Waals surface area contributed by atoms with E-state index in [0.717, 1.165) is 30.7 Å². The molecule has 3 saturated carbocycles. The van der Waals surface area contributed by atoms with E-state index in [0.29, 0.717) is 30.3 Å². The van der Waals surface area contributed by atoms with Crippen LogP contribution in [0.2, 0.25) is 39.3 Å². The summed E-state index contributed by atoms with van der Waals surface area (Å²) < 4.78 is 13.8. The third-order valence-electron chi connectivity index (χ3n) is 10.4. The zero-order valence-electron chi connectivity index (χ0n) is 26.1. The topological polar surface area (TPSA) is 61.6 Å². The summed E-state index contributed by atoms with van der Waals surface area (Å²) in [6.45, 7) is 21.7. The first-order valence-electron chi connectivity index (χ1n) is 14.9. The molecule has 7 atom stereocenters. The fourth-order valence-electron chi connectivity index (χ4n) is 9.02. The molecule has 7 unspecified atom stereocenters. The summed E-state index contributed by atoms with van der Waals surface area (Å²) in [5, 5.41) is 9.03. The molecule has 0 spiro atoms. The largest absolute Gasteiger partial charge is 0.412 e. The van der Waals surface area contributed by atoms with Gasteiger partial charge in [0.2, 0.25) is 0 Å². The van der Waals surface area contributed by atoms with Gasteiger partial charge in [0, 0.05) is 5.41 Å². The van der Waals surface area contributed by atoms with Crippen molar-refractivity contribution in [1.82, 2.24) is 0 Å². The summed E-state index contributed by atoms with van der Waals surface area (Å²) in [5.41, 5.74) is 3.54. The smallest absolute Gasteiger partial charge is 0.185 e. The number of hydrogen-bond donors (Lipinski definition) is 0. The summed E-state index contributed by atoms with van der Waals surface area (Å²) in [4.78, 5) is 10.7. The molecule has 0 radical (unpaired) electrons. The molecule has 0 aliphatic heterocycles. The van der Waals surface area contributed by atoms with Gasteiger partial charge in [-0.25, -0.2) is 0 Å². The maximum absolute atomic E-state index is 7.34. The van der Waals surface area contributed by atoms with Crippen LogP contribution < -0.4 is 0 Å². The third-order valence-corrected chi connectivity index (χ3v) is 12.4. The Morgan fingerprint density at radius 2 is 1.63 bits per heavy atom. The van der Waals surface area contributed by atoms with E-state index in [2.05, 4.69) is 71.3 Å². The molecule has 6 nitrogen and oxygen atoms in total. The molecule has 0 aromatic rings. The van der Waals surface area contributed by atoms with Crippen LogP contribution in [-0.4, -0.2) is 54.5 Å². The van der Waals surface area contributed by atoms with E-state index in [1.165, 1.54) is 25.7 Å². The molecule has 0 amide bonds. The molecule has 0 heterocycles. The highest BCUT2D eigenvalue weighted by molar-refractivity contribution is 6.70. The fourth-order valence-corrected chi connectivity index (χ4v) is 11.1. The van der Waals surface area contributed by atoms with Gasteiger partial charge in [-0.3, -0.25) is 0 Å². The van der Waals surface area contributed by atoms with Crippen molar-refractivity contribution in [3.05, 3.63) is 11.6 Å². The van der Waals surface area contributed by atoms with Crippen LogP contribution in [0.25, 0.3) is 0 Å². The van der Waals surface area contributed by atoms with Crippen LogP contribution >= 0.6 is 0 Å². The van der Waals surface area contributed by atoms with Crippen LogP contribution in [0.3, 0.4) is 0 Å². The van der Waals surface area contributed by atoms with Crippen LogP contribution in [0.1, 0.15) is 65.7 Å². The third kappa shape index (κ3) is 5.24. The first kappa shape index (κ1) is 30.0. The Morgan fingerprint density at radius 1 is 0.947 bits per heavy atom. The summed E-state index contributed by atoms with van der Waals surface area (Å²) in [5.74, 6) is 2.57. The average Bonchev–Trinajstić information content (AvgIpc) is 3.09. The lowest BCUT2D eigenvalue weighted by atomic mass is 9.44. The van der Waals surface area contributed by atoms with Crippen molar-refractivity contribution in [2.24, 2.45) is 44.8 Å². The Hall–Kier alpha value is -0.966. The van der Waals surface area contributed by atoms with E-state index in [-0.39, 0.29) is 10.8 Å². The lowest BCUT2D eigenvalue weighted by Crippen LogP contribution is -2.62. The molecule has 0 saturated heterocycles. The zero-order valence-corrected chi connectivity index (χ0v) is 28.1. The molecular formula is C30H54N2O4Si2. The lowest BCUT2D eigenvalue weighted by molar-refractivity contribution is -0.0956. The van der Waals surface area contributed by atoms with Gasteiger partial charge in [-0.2, -0.15) is 0 Å². The summed E-state index contributed by atoms with van der Waals surface area (Å²) in [7, 11) is -0.328. The van der Waals surface area contributed by atoms with Gasteiger partial charge >= 0.3 is 0 Å². The molecule has 38 heavy (non-hydrogen) atoms. The van der Waals surface area contributed by atoms with Gasteiger partial charge in [-0.05, 0) is 119 Å². The highest BCUT2D eigenvalue weighted by Crippen LogP contribution is 2.69. The van der Waals surface area contributed by atoms with Gasteiger partial charge in [0.25, 0.3) is 0 Å². The van der Waals surface area contributed by atoms with Gasteiger partial charge in [0.1, 0.15) is 25.5 Å². The van der Waals surface area contributed by atoms with Crippen molar-refractivity contribution >= 4 is 28.1 Å². The number of oxime groups is 2. The average molecular weight is 563 g/mol. The van der Waals surface area contributed by atoms with Crippen LogP contribution in [0.4, 0.5) is 0 Å². The first-order valence-corrected chi connectivity index (χ1v) is 21.7. The number of hydrogen-bond acceptors (Lipinski definition) is 6. The van der Waals surface area contributed by atoms with Crippen molar-refractivity contribution in [2.45, 2.75) is 111 Å². The molecule has 4 aliphatic carbocycles. The molecule has 0 aromatic heterocycles. The van der Waals surface area contributed by atoms with Crippen molar-refractivity contribution in [1.29, 1.82) is 0 Å². The van der Waals surface area contributed by atoms with Crippen LogP contribution in [0.5, 0.6) is 0 Å². The Morgan fingerprint density at radius 3 is 2.24 bits per heavy atom. The Labute approximate surface area is 234 Å². The molecule has 216 valence electrons. The van der Waals surface area contributed by atoms with Crippen LogP contribution in [-0.2, 0) is 18.5 Å². The van der Waals surface area contributed by atoms with Crippen LogP contribution in [0, 0.1) is 34.5 Å². The summed E-state index contributed by atoms with van der Waals surface area (Å²) in [6, 6.07) is 0. The van der Waals surface area contributed by atoms with Gasteiger partial charge < -0.3 is 18.5 Å². The normalized spacial score (nSPS) is 40.8. The second-order valence-electron chi connectivity index (χ2n) is 15.0. The molecule has 0 bridgehead atoms. The van der Waals surface area contributed by atoms with Gasteiger partial charge in [0.15, 0.2) is 16.6 Å². The number of fused-ring (bicyclic) bond motifs is 5. The lowest BCUT2D eigenvalue weighted by Gasteiger charge is -2.61. The Balaban J connectivity index is 1.74. The molecule has 4 aliphatic rings. The van der Waals surface area contributed by atoms with E-state index in [1.54, 1.807) is 19.8 Å². The van der Waals surface area contributed by atoms with Crippen molar-refractivity contribution in [3.8, 4) is 0 Å². The van der Waals surface area contributed by atoms with E-state index in [9.17, 15) is 0 Å². The van der Waals surface area contributed by atoms with Crippen LogP contribution in [0.15, 0.2) is 22.0 Å². The number of nitrogens with zero attached hydrogens (tertiary/aromatic N) is 2. The number of allylic oxidation sites excluding steroid dienone is 2. The SMILES string of the molecule is CO/N=C1/C=C2C(C)CC3C(CCC4(C)C3CCC4(O[Si](C)(C)C)/C(CO[Si](C)(C)C)=N/OC)C2(C)CC1. The minimum absolute atomic E-state index is 0.0171. The van der Waals surface area contributed by atoms with Crippen molar-refractivity contribution in [3.63, 3.8) is 0 Å². The van der Waals surface area contributed by atoms with E-state index >= 15 is 0 Å². The predicted octanol–water partition coefficient (Wildman–Crippen LogP) is 7.64. The standard InChI is InChI=1S/C30H54N2O4Si2/c1-21-18-23-24(28(2)15-12-22(31-33-4)19-26(21)28)13-16-29(3)25(23)14-17-30(29,36-38(9,10)11)27(32-34-5)20-35-37(6,7)8/h19,21,23-25H,12-18,20H2,1-11H3/b31-22+,32-27+. The number of rotatable bonds is 8. The molecule has 0 aromatic carbocycles. The highest BCUT2D eigenvalue weighted by Gasteiger charge is 2.67. The molecule has 3 fully saturated rings. The van der Waals surface area contributed by atoms with E-state index in [4.69, 9.17) is 23.7 Å². The molecule has 4 rings (SSSR count). The minimum Gasteiger partial charge on any atom is -0.412 e. The predicted molar refractivity (Wildman–Crippen MR) is 162 cm³/mol. The molecule has 0 N–H and O–H groups in total. The fraction of sp³-hybridized carbons (Fsp3) is 0.867. The Kier molecular flexibility index (Phi) is 8.26. The van der Waals surface area contributed by atoms with Crippen molar-refractivity contribution in [2.75, 3.05) is 20.8 Å². The van der Waals surface area contributed by atoms with Gasteiger partial charge in [-0.15, -0.1) is 0 Å². The van der Waals surface area contributed by atoms with Crippen molar-refractivity contribution < 1.29 is 18.5 Å². The minimum atomic E-state index is -1.91. The maximum atomic E-state index is 7.34. The monoisotopic (exact) mass is 562 g/mol. The maximum Gasteiger partial charge on any atom is 0.185 e. The van der Waals surface area contributed by atoms with Gasteiger partial charge in [0.05, 0.1) is 12.3 Å². The first-order chi connectivity index (χ1) is 17.6. The second-order valence-corrected chi connectivity index (χ2v) is 23.9. The Bertz CT molecular complexity index is 984. The summed E-state index contributed by atoms with van der Waals surface area (Å²) >= 11 is 0. The quantitative estimate of drug-likeness (QED) is 0.173.